The summed E-state index contributed by atoms with van der Waals surface area (Å²) in [5, 5.41) is 6.34. The van der Waals surface area contributed by atoms with Crippen molar-refractivity contribution in [1.29, 1.82) is 0 Å². The second-order valence-electron chi connectivity index (χ2n) is 5.59. The predicted octanol–water partition coefficient (Wildman–Crippen LogP) is 1.91. The number of aliphatic imine (C=N–C) groups is 1. The molecule has 0 amide bonds. The summed E-state index contributed by atoms with van der Waals surface area (Å²) in [5.41, 5.74) is 0.854. The Morgan fingerprint density at radius 3 is 2.72 bits per heavy atom. The summed E-state index contributed by atoms with van der Waals surface area (Å²) in [6.45, 7) is 4.39. The number of guanidine groups is 1. The van der Waals surface area contributed by atoms with Crippen molar-refractivity contribution in [3.63, 3.8) is 0 Å². The van der Waals surface area contributed by atoms with Gasteiger partial charge in [-0.1, -0.05) is 6.07 Å². The molecule has 0 saturated heterocycles. The van der Waals surface area contributed by atoms with Gasteiger partial charge in [-0.15, -0.1) is 0 Å². The number of ether oxygens (including phenoxy) is 2. The van der Waals surface area contributed by atoms with Gasteiger partial charge in [0.1, 0.15) is 15.6 Å². The van der Waals surface area contributed by atoms with Crippen molar-refractivity contribution in [3.05, 3.63) is 24.3 Å². The van der Waals surface area contributed by atoms with Gasteiger partial charge in [-0.2, -0.15) is 0 Å². The van der Waals surface area contributed by atoms with Crippen LogP contribution in [0.1, 0.15) is 19.8 Å². The molecule has 0 aliphatic rings. The predicted molar refractivity (Wildman–Crippen MR) is 102 cm³/mol. The zero-order chi connectivity index (χ0) is 18.5. The van der Waals surface area contributed by atoms with Crippen molar-refractivity contribution in [3.8, 4) is 5.75 Å². The second kappa shape index (κ2) is 11.7. The van der Waals surface area contributed by atoms with Crippen LogP contribution in [0.4, 0.5) is 5.69 Å². The molecule has 0 spiro atoms. The van der Waals surface area contributed by atoms with E-state index in [9.17, 15) is 8.42 Å². The molecule has 0 heterocycles. The van der Waals surface area contributed by atoms with E-state index in [4.69, 9.17) is 9.47 Å². The SMILES string of the molecule is CCNC(=NCCCS(C)(=O)=O)Nc1cccc(OCCCOC)c1. The quantitative estimate of drug-likeness (QED) is 0.351. The molecule has 0 radical (unpaired) electrons. The van der Waals surface area contributed by atoms with Crippen molar-refractivity contribution in [2.75, 3.05) is 50.7 Å². The smallest absolute Gasteiger partial charge is 0.195 e. The molecule has 142 valence electrons. The molecule has 25 heavy (non-hydrogen) atoms. The standard InChI is InChI=1S/C17H29N3O4S/c1-4-18-17(19-10-6-13-25(3,21)22)20-15-8-5-9-16(14-15)24-12-7-11-23-2/h5,8-9,14H,4,6-7,10-13H2,1-3H3,(H2,18,19,20). The zero-order valence-electron chi connectivity index (χ0n) is 15.2. The number of nitrogens with zero attached hydrogens (tertiary/aromatic N) is 1. The van der Waals surface area contributed by atoms with E-state index in [2.05, 4.69) is 15.6 Å². The molecule has 8 heteroatoms. The number of rotatable bonds is 11. The molecule has 0 fully saturated rings. The molecule has 0 bridgehead atoms. The highest BCUT2D eigenvalue weighted by molar-refractivity contribution is 7.90. The maximum atomic E-state index is 11.2. The Bertz CT molecular complexity index is 633. The summed E-state index contributed by atoms with van der Waals surface area (Å²) in [6, 6.07) is 7.62. The van der Waals surface area contributed by atoms with Crippen LogP contribution in [0.2, 0.25) is 0 Å². The number of nitrogens with one attached hydrogen (secondary N) is 2. The lowest BCUT2D eigenvalue weighted by Crippen LogP contribution is -2.30. The van der Waals surface area contributed by atoms with Gasteiger partial charge in [0, 0.05) is 51.2 Å². The average Bonchev–Trinajstić information content (AvgIpc) is 2.55. The van der Waals surface area contributed by atoms with E-state index in [1.165, 1.54) is 6.26 Å². The van der Waals surface area contributed by atoms with Crippen molar-refractivity contribution in [1.82, 2.24) is 5.32 Å². The van der Waals surface area contributed by atoms with Crippen LogP contribution in [0.25, 0.3) is 0 Å². The highest BCUT2D eigenvalue weighted by atomic mass is 32.2. The Labute approximate surface area is 150 Å². The molecule has 0 unspecified atom stereocenters. The van der Waals surface area contributed by atoms with Crippen LogP contribution in [-0.4, -0.2) is 59.8 Å². The van der Waals surface area contributed by atoms with Crippen LogP contribution in [0.5, 0.6) is 5.75 Å². The number of anilines is 1. The highest BCUT2D eigenvalue weighted by Gasteiger charge is 2.03. The normalized spacial score (nSPS) is 12.0. The van der Waals surface area contributed by atoms with Crippen LogP contribution in [0.3, 0.4) is 0 Å². The number of sulfone groups is 1. The minimum absolute atomic E-state index is 0.140. The molecule has 0 aliphatic heterocycles. The van der Waals surface area contributed by atoms with Gasteiger partial charge in [-0.25, -0.2) is 8.42 Å². The maximum Gasteiger partial charge on any atom is 0.195 e. The molecule has 0 aliphatic carbocycles. The summed E-state index contributed by atoms with van der Waals surface area (Å²) in [5.74, 6) is 1.53. The summed E-state index contributed by atoms with van der Waals surface area (Å²) >= 11 is 0. The van der Waals surface area contributed by atoms with Gasteiger partial charge in [0.2, 0.25) is 0 Å². The molecule has 0 saturated carbocycles. The first-order valence-corrected chi connectivity index (χ1v) is 10.5. The van der Waals surface area contributed by atoms with Gasteiger partial charge >= 0.3 is 0 Å². The Morgan fingerprint density at radius 1 is 1.24 bits per heavy atom. The van der Waals surface area contributed by atoms with Crippen LogP contribution in [0.15, 0.2) is 29.3 Å². The Hall–Kier alpha value is -1.80. The van der Waals surface area contributed by atoms with Crippen LogP contribution in [-0.2, 0) is 14.6 Å². The minimum Gasteiger partial charge on any atom is -0.493 e. The Morgan fingerprint density at radius 2 is 2.04 bits per heavy atom. The van der Waals surface area contributed by atoms with E-state index in [1.54, 1.807) is 7.11 Å². The number of hydrogen-bond donors (Lipinski definition) is 2. The summed E-state index contributed by atoms with van der Waals surface area (Å²) < 4.78 is 33.0. The van der Waals surface area contributed by atoms with E-state index in [-0.39, 0.29) is 5.75 Å². The van der Waals surface area contributed by atoms with Crippen molar-refractivity contribution < 1.29 is 17.9 Å². The Kier molecular flexibility index (Phi) is 9.94. The van der Waals surface area contributed by atoms with E-state index in [0.717, 1.165) is 17.9 Å². The number of benzene rings is 1. The molecule has 0 atom stereocenters. The van der Waals surface area contributed by atoms with Gasteiger partial charge in [-0.3, -0.25) is 4.99 Å². The summed E-state index contributed by atoms with van der Waals surface area (Å²) in [4.78, 5) is 4.40. The topological polar surface area (TPSA) is 89.0 Å². The second-order valence-corrected chi connectivity index (χ2v) is 7.85. The fourth-order valence-electron chi connectivity index (χ4n) is 2.02. The van der Waals surface area contributed by atoms with Gasteiger partial charge in [-0.05, 0) is 25.5 Å². The third-order valence-corrected chi connectivity index (χ3v) is 4.18. The van der Waals surface area contributed by atoms with Crippen molar-refractivity contribution in [2.24, 2.45) is 4.99 Å². The highest BCUT2D eigenvalue weighted by Crippen LogP contribution is 2.17. The van der Waals surface area contributed by atoms with Crippen molar-refractivity contribution >= 4 is 21.5 Å². The van der Waals surface area contributed by atoms with Gasteiger partial charge < -0.3 is 20.1 Å². The lowest BCUT2D eigenvalue weighted by molar-refractivity contribution is 0.172. The zero-order valence-corrected chi connectivity index (χ0v) is 16.1. The number of methoxy groups -OCH3 is 1. The first-order valence-electron chi connectivity index (χ1n) is 8.39. The van der Waals surface area contributed by atoms with Gasteiger partial charge in [0.05, 0.1) is 12.4 Å². The lowest BCUT2D eigenvalue weighted by Gasteiger charge is -2.13. The minimum atomic E-state index is -2.95. The lowest BCUT2D eigenvalue weighted by atomic mass is 10.3. The first kappa shape index (κ1) is 21.2. The molecular weight excluding hydrogens is 342 g/mol. The third-order valence-electron chi connectivity index (χ3n) is 3.15. The summed E-state index contributed by atoms with van der Waals surface area (Å²) in [6.07, 6.45) is 2.56. The molecular formula is C17H29N3O4S. The van der Waals surface area contributed by atoms with E-state index < -0.39 is 9.84 Å². The third kappa shape index (κ3) is 10.6. The molecule has 1 aromatic rings. The molecule has 2 N–H and O–H groups in total. The van der Waals surface area contributed by atoms with Gasteiger partial charge in [0.15, 0.2) is 5.96 Å². The van der Waals surface area contributed by atoms with Gasteiger partial charge in [0.25, 0.3) is 0 Å². The van der Waals surface area contributed by atoms with Crippen LogP contribution < -0.4 is 15.4 Å². The van der Waals surface area contributed by atoms with E-state index in [0.29, 0.717) is 38.7 Å². The van der Waals surface area contributed by atoms with Crippen LogP contribution in [0, 0.1) is 0 Å². The molecule has 1 rings (SSSR count). The molecule has 7 nitrogen and oxygen atoms in total. The fraction of sp³-hybridized carbons (Fsp3) is 0.588. The van der Waals surface area contributed by atoms with E-state index >= 15 is 0 Å². The summed E-state index contributed by atoms with van der Waals surface area (Å²) in [7, 11) is -1.28. The average molecular weight is 372 g/mol. The number of hydrogen-bond acceptors (Lipinski definition) is 5. The molecule has 0 aromatic heterocycles. The van der Waals surface area contributed by atoms with E-state index in [1.807, 2.05) is 31.2 Å². The Balaban J connectivity index is 2.58. The first-order chi connectivity index (χ1) is 11.9. The monoisotopic (exact) mass is 371 g/mol. The molecule has 1 aromatic carbocycles. The van der Waals surface area contributed by atoms with Crippen LogP contribution >= 0.6 is 0 Å². The largest absolute Gasteiger partial charge is 0.493 e. The maximum absolute atomic E-state index is 11.2. The van der Waals surface area contributed by atoms with Crippen molar-refractivity contribution in [2.45, 2.75) is 19.8 Å². The fourth-order valence-corrected chi connectivity index (χ4v) is 2.67.